The first kappa shape index (κ1) is 11.3. The van der Waals surface area contributed by atoms with Gasteiger partial charge < -0.3 is 4.74 Å². The Morgan fingerprint density at radius 1 is 1.25 bits per heavy atom. The van der Waals surface area contributed by atoms with Crippen LogP contribution < -0.4 is 4.74 Å². The van der Waals surface area contributed by atoms with Crippen molar-refractivity contribution >= 4 is 27.5 Å². The zero-order valence-corrected chi connectivity index (χ0v) is 10.2. The molecule has 6 heteroatoms. The van der Waals surface area contributed by atoms with Crippen LogP contribution in [0.5, 0.6) is 11.6 Å². The van der Waals surface area contributed by atoms with Gasteiger partial charge in [-0.3, -0.25) is 0 Å². The van der Waals surface area contributed by atoms with Crippen molar-refractivity contribution in [3.8, 4) is 11.6 Å². The maximum Gasteiger partial charge on any atom is 0.257 e. The summed E-state index contributed by atoms with van der Waals surface area (Å²) in [4.78, 5) is 7.67. The van der Waals surface area contributed by atoms with Gasteiger partial charge in [-0.15, -0.1) is 0 Å². The molecule has 2 rings (SSSR count). The van der Waals surface area contributed by atoms with Gasteiger partial charge in [0.05, 0.1) is 4.47 Å². The summed E-state index contributed by atoms with van der Waals surface area (Å²) >= 11 is 8.79. The Labute approximate surface area is 104 Å². The number of halogens is 3. The highest BCUT2D eigenvalue weighted by molar-refractivity contribution is 9.10. The van der Waals surface area contributed by atoms with Crippen molar-refractivity contribution in [2.75, 3.05) is 0 Å². The van der Waals surface area contributed by atoms with Crippen LogP contribution in [0.4, 0.5) is 4.39 Å². The Kier molecular flexibility index (Phi) is 3.36. The molecule has 2 aromatic rings. The highest BCUT2D eigenvalue weighted by Gasteiger charge is 2.07. The van der Waals surface area contributed by atoms with E-state index < -0.39 is 5.82 Å². The van der Waals surface area contributed by atoms with Gasteiger partial charge in [-0.25, -0.2) is 14.4 Å². The van der Waals surface area contributed by atoms with E-state index in [4.69, 9.17) is 16.3 Å². The normalized spacial score (nSPS) is 10.2. The van der Waals surface area contributed by atoms with Crippen LogP contribution in [0.1, 0.15) is 0 Å². The number of rotatable bonds is 2. The number of ether oxygens (including phenoxy) is 1. The molecule has 0 aliphatic carbocycles. The van der Waals surface area contributed by atoms with Gasteiger partial charge in [-0.05, 0) is 28.1 Å². The topological polar surface area (TPSA) is 35.0 Å². The van der Waals surface area contributed by atoms with Crippen molar-refractivity contribution in [3.63, 3.8) is 0 Å². The SMILES string of the molecule is Fc1cc(Oc2nccnc2Cl)ccc1Br. The third-order valence-electron chi connectivity index (χ3n) is 1.73. The number of hydrogen-bond donors (Lipinski definition) is 0. The molecule has 16 heavy (non-hydrogen) atoms. The first-order chi connectivity index (χ1) is 7.66. The zero-order chi connectivity index (χ0) is 11.5. The Hall–Kier alpha value is -1.20. The monoisotopic (exact) mass is 302 g/mol. The van der Waals surface area contributed by atoms with Crippen LogP contribution in [-0.2, 0) is 0 Å². The van der Waals surface area contributed by atoms with Crippen LogP contribution in [0.15, 0.2) is 35.1 Å². The molecule has 0 saturated carbocycles. The summed E-state index contributed by atoms with van der Waals surface area (Å²) in [5, 5.41) is 0.130. The van der Waals surface area contributed by atoms with Crippen molar-refractivity contribution < 1.29 is 9.13 Å². The smallest absolute Gasteiger partial charge is 0.257 e. The average Bonchev–Trinajstić information content (AvgIpc) is 2.27. The molecule has 82 valence electrons. The Morgan fingerprint density at radius 2 is 2.00 bits per heavy atom. The van der Waals surface area contributed by atoms with E-state index in [-0.39, 0.29) is 11.0 Å². The van der Waals surface area contributed by atoms with Gasteiger partial charge in [0.1, 0.15) is 11.6 Å². The fourth-order valence-corrected chi connectivity index (χ4v) is 1.42. The highest BCUT2D eigenvalue weighted by atomic mass is 79.9. The van der Waals surface area contributed by atoms with Gasteiger partial charge in [-0.1, -0.05) is 11.6 Å². The van der Waals surface area contributed by atoms with Crippen molar-refractivity contribution in [3.05, 3.63) is 46.0 Å². The van der Waals surface area contributed by atoms with E-state index in [0.29, 0.717) is 10.2 Å². The standard InChI is InChI=1S/C10H5BrClFN2O/c11-7-2-1-6(5-8(7)13)16-10-9(12)14-3-4-15-10/h1-5H. The highest BCUT2D eigenvalue weighted by Crippen LogP contribution is 2.27. The van der Waals surface area contributed by atoms with E-state index in [0.717, 1.165) is 0 Å². The van der Waals surface area contributed by atoms with Crippen LogP contribution in [0.25, 0.3) is 0 Å². The largest absolute Gasteiger partial charge is 0.436 e. The molecule has 0 radical (unpaired) electrons. The van der Waals surface area contributed by atoms with Gasteiger partial charge in [-0.2, -0.15) is 0 Å². The van der Waals surface area contributed by atoms with Gasteiger partial charge >= 0.3 is 0 Å². The Balaban J connectivity index is 2.28. The summed E-state index contributed by atoms with van der Waals surface area (Å²) in [7, 11) is 0. The predicted molar refractivity (Wildman–Crippen MR) is 61.2 cm³/mol. The van der Waals surface area contributed by atoms with Crippen LogP contribution in [0.2, 0.25) is 5.15 Å². The minimum atomic E-state index is -0.419. The lowest BCUT2D eigenvalue weighted by atomic mass is 10.3. The molecule has 0 fully saturated rings. The van der Waals surface area contributed by atoms with Crippen molar-refractivity contribution in [1.82, 2.24) is 9.97 Å². The molecular formula is C10H5BrClFN2O. The molecule has 0 atom stereocenters. The fourth-order valence-electron chi connectivity index (χ4n) is 1.03. The maximum absolute atomic E-state index is 13.2. The molecule has 1 heterocycles. The molecule has 0 N–H and O–H groups in total. The second kappa shape index (κ2) is 4.76. The number of nitrogens with zero attached hydrogens (tertiary/aromatic N) is 2. The van der Waals surface area contributed by atoms with E-state index in [9.17, 15) is 4.39 Å². The molecule has 1 aromatic heterocycles. The molecule has 0 unspecified atom stereocenters. The van der Waals surface area contributed by atoms with Crippen molar-refractivity contribution in [1.29, 1.82) is 0 Å². The summed E-state index contributed by atoms with van der Waals surface area (Å²) in [6.45, 7) is 0. The molecule has 3 nitrogen and oxygen atoms in total. The van der Waals surface area contributed by atoms with Gasteiger partial charge in [0, 0.05) is 18.5 Å². The van der Waals surface area contributed by atoms with Gasteiger partial charge in [0.2, 0.25) is 0 Å². The molecule has 0 aliphatic rings. The Bertz CT molecular complexity index is 524. The van der Waals surface area contributed by atoms with Crippen LogP contribution in [0, 0.1) is 5.82 Å². The molecule has 0 aliphatic heterocycles. The van der Waals surface area contributed by atoms with Crippen LogP contribution in [0.3, 0.4) is 0 Å². The zero-order valence-electron chi connectivity index (χ0n) is 7.82. The first-order valence-corrected chi connectivity index (χ1v) is 5.43. The van der Waals surface area contributed by atoms with E-state index in [2.05, 4.69) is 25.9 Å². The second-order valence-electron chi connectivity index (χ2n) is 2.83. The van der Waals surface area contributed by atoms with Crippen LogP contribution >= 0.6 is 27.5 Å². The third kappa shape index (κ3) is 2.48. The molecule has 0 amide bonds. The number of aromatic nitrogens is 2. The lowest BCUT2D eigenvalue weighted by molar-refractivity contribution is 0.455. The molecular weight excluding hydrogens is 298 g/mol. The summed E-state index contributed by atoms with van der Waals surface area (Å²) in [5.74, 6) is 0.0338. The van der Waals surface area contributed by atoms with Crippen molar-refractivity contribution in [2.45, 2.75) is 0 Å². The van der Waals surface area contributed by atoms with Crippen LogP contribution in [-0.4, -0.2) is 9.97 Å². The minimum absolute atomic E-state index is 0.130. The quantitative estimate of drug-likeness (QED) is 0.846. The average molecular weight is 304 g/mol. The maximum atomic E-state index is 13.2. The van der Waals surface area contributed by atoms with E-state index in [1.165, 1.54) is 24.5 Å². The summed E-state index contributed by atoms with van der Waals surface area (Å²) in [6, 6.07) is 4.36. The first-order valence-electron chi connectivity index (χ1n) is 4.26. The lowest BCUT2D eigenvalue weighted by Gasteiger charge is -2.05. The van der Waals surface area contributed by atoms with E-state index in [1.54, 1.807) is 6.07 Å². The molecule has 0 bridgehead atoms. The minimum Gasteiger partial charge on any atom is -0.436 e. The summed E-state index contributed by atoms with van der Waals surface area (Å²) in [6.07, 6.45) is 2.88. The fraction of sp³-hybridized carbons (Fsp3) is 0. The number of hydrogen-bond acceptors (Lipinski definition) is 3. The Morgan fingerprint density at radius 3 is 2.69 bits per heavy atom. The summed E-state index contributed by atoms with van der Waals surface area (Å²) in [5.41, 5.74) is 0. The molecule has 0 saturated heterocycles. The third-order valence-corrected chi connectivity index (χ3v) is 2.63. The van der Waals surface area contributed by atoms with E-state index >= 15 is 0 Å². The second-order valence-corrected chi connectivity index (χ2v) is 4.04. The van der Waals surface area contributed by atoms with E-state index in [1.807, 2.05) is 0 Å². The molecule has 1 aromatic carbocycles. The van der Waals surface area contributed by atoms with Gasteiger partial charge in [0.15, 0.2) is 5.15 Å². The predicted octanol–water partition coefficient (Wildman–Crippen LogP) is 3.82. The van der Waals surface area contributed by atoms with Gasteiger partial charge in [0.25, 0.3) is 5.88 Å². The van der Waals surface area contributed by atoms with Crippen molar-refractivity contribution in [2.24, 2.45) is 0 Å². The lowest BCUT2D eigenvalue weighted by Crippen LogP contribution is -1.91. The molecule has 0 spiro atoms. The number of benzene rings is 1. The summed E-state index contributed by atoms with van der Waals surface area (Å²) < 4.78 is 18.8.